The standard InChI is InChI=1S/C19H28Si6/c1-4-6-7-13-18-20-23-19(24-21-18,25-22-18)17-11-9-16(10-12-17)14-15(3)8-5-2/h9-12,15H,4-8,13-14H2,1-3H3. The third kappa shape index (κ3) is 4.87. The van der Waals surface area contributed by atoms with Gasteiger partial charge in [-0.3, -0.25) is 0 Å². The molecule has 25 heavy (non-hydrogen) atoms. The maximum absolute atomic E-state index is 2.52. The minimum Gasteiger partial charge on any atom is -0.0654 e. The van der Waals surface area contributed by atoms with Gasteiger partial charge in [0.05, 0.1) is 0 Å². The summed E-state index contributed by atoms with van der Waals surface area (Å²) in [5.74, 6) is 0.831. The highest BCUT2D eigenvalue weighted by Crippen LogP contribution is 2.41. The maximum atomic E-state index is 2.52. The highest BCUT2D eigenvalue weighted by Gasteiger charge is 2.50. The Morgan fingerprint density at radius 3 is 2.04 bits per heavy atom. The van der Waals surface area contributed by atoms with E-state index < -0.39 is 0 Å². The molecule has 0 aromatic heterocycles. The lowest BCUT2D eigenvalue weighted by molar-refractivity contribution is 0.522. The van der Waals surface area contributed by atoms with Crippen LogP contribution in [0.2, 0.25) is 4.28 Å². The van der Waals surface area contributed by atoms with E-state index in [4.69, 9.17) is 0 Å². The Morgan fingerprint density at radius 2 is 1.48 bits per heavy atom. The zero-order chi connectivity index (χ0) is 17.8. The van der Waals surface area contributed by atoms with Gasteiger partial charge in [-0.2, -0.15) is 0 Å². The third-order valence-electron chi connectivity index (χ3n) is 5.30. The summed E-state index contributed by atoms with van der Waals surface area (Å²) < 4.78 is 1.50. The van der Waals surface area contributed by atoms with Crippen LogP contribution in [-0.4, -0.2) is 54.2 Å². The lowest BCUT2D eigenvalue weighted by Crippen LogP contribution is -2.68. The second-order valence-electron chi connectivity index (χ2n) is 7.66. The van der Waals surface area contributed by atoms with E-state index >= 15 is 0 Å². The summed E-state index contributed by atoms with van der Waals surface area (Å²) in [7, 11) is 7.54. The molecule has 6 heteroatoms. The second-order valence-corrected chi connectivity index (χ2v) is 21.5. The summed E-state index contributed by atoms with van der Waals surface area (Å²) >= 11 is 0. The van der Waals surface area contributed by atoms with Gasteiger partial charge in [0.25, 0.3) is 0 Å². The molecule has 3 aliphatic rings. The van der Waals surface area contributed by atoms with Crippen molar-refractivity contribution in [3.05, 3.63) is 35.4 Å². The van der Waals surface area contributed by atoms with E-state index in [1.165, 1.54) is 92.7 Å². The molecule has 3 aliphatic heterocycles. The molecule has 1 unspecified atom stereocenters. The first kappa shape index (κ1) is 20.3. The van der Waals surface area contributed by atoms with Crippen LogP contribution in [0.4, 0.5) is 0 Å². The van der Waals surface area contributed by atoms with Crippen molar-refractivity contribution < 1.29 is 0 Å². The first-order chi connectivity index (χ1) is 12.1. The lowest BCUT2D eigenvalue weighted by atomic mass is 9.96. The molecule has 1 aromatic carbocycles. The summed E-state index contributed by atoms with van der Waals surface area (Å²) in [6.07, 6.45) is 9.84. The first-order valence-electron chi connectivity index (χ1n) is 9.84. The minimum absolute atomic E-state index is 0.648. The van der Waals surface area contributed by atoms with E-state index in [1.54, 1.807) is 17.5 Å². The third-order valence-corrected chi connectivity index (χ3v) is 31.5. The molecule has 2 bridgehead atoms. The van der Waals surface area contributed by atoms with E-state index in [9.17, 15) is 0 Å². The molecule has 0 spiro atoms. The Balaban J connectivity index is 1.60. The normalized spacial score (nSPS) is 29.7. The SMILES string of the molecule is CCCCCC12[Si][Si]C(c3ccc(CC(C)CCC)cc3)([Si][Si]1)[Si][Si]2. The predicted octanol–water partition coefficient (Wildman–Crippen LogP) is 3.43. The first-order valence-corrected chi connectivity index (χ1v) is 18.8. The highest BCUT2D eigenvalue weighted by atomic mass is 29.3. The lowest BCUT2D eigenvalue weighted by Gasteiger charge is -2.52. The summed E-state index contributed by atoms with van der Waals surface area (Å²) in [6.45, 7) is 7.05. The fourth-order valence-corrected chi connectivity index (χ4v) is 34.5. The molecule has 4 rings (SSSR count). The Kier molecular flexibility index (Phi) is 7.41. The highest BCUT2D eigenvalue weighted by molar-refractivity contribution is 7.42. The summed E-state index contributed by atoms with van der Waals surface area (Å²) in [6, 6.07) is 9.97. The topological polar surface area (TPSA) is 0 Å². The molecule has 0 saturated carbocycles. The predicted molar refractivity (Wildman–Crippen MR) is 117 cm³/mol. The molecule has 0 N–H and O–H groups in total. The fourth-order valence-electron chi connectivity index (χ4n) is 3.72. The van der Waals surface area contributed by atoms with Crippen molar-refractivity contribution >= 4 is 54.2 Å². The van der Waals surface area contributed by atoms with Crippen molar-refractivity contribution in [1.29, 1.82) is 0 Å². The van der Waals surface area contributed by atoms with Crippen molar-refractivity contribution in [1.82, 2.24) is 0 Å². The number of benzene rings is 1. The molecule has 3 saturated heterocycles. The van der Waals surface area contributed by atoms with E-state index in [0.717, 1.165) is 10.2 Å². The number of unbranched alkanes of at least 4 members (excludes halogenated alkanes) is 2. The van der Waals surface area contributed by atoms with Gasteiger partial charge in [0.15, 0.2) is 0 Å². The molecule has 128 valence electrons. The summed E-state index contributed by atoms with van der Waals surface area (Å²) in [5, 5.41) is 0. The monoisotopic (exact) mass is 424 g/mol. The Hall–Kier alpha value is 0.521. The van der Waals surface area contributed by atoms with E-state index in [-0.39, 0.29) is 0 Å². The molecule has 3 heterocycles. The zero-order valence-electron chi connectivity index (χ0n) is 15.8. The molecule has 0 amide bonds. The number of fused-ring (bicyclic) bond motifs is 3. The molecule has 3 fully saturated rings. The second kappa shape index (κ2) is 9.14. The Labute approximate surface area is 169 Å². The van der Waals surface area contributed by atoms with Crippen LogP contribution in [-0.2, 0) is 10.7 Å². The molecular weight excluding hydrogens is 397 g/mol. The van der Waals surface area contributed by atoms with Crippen LogP contribution in [0.5, 0.6) is 0 Å². The quantitative estimate of drug-likeness (QED) is 0.421. The molecule has 1 atom stereocenters. The Bertz CT molecular complexity index is 519. The van der Waals surface area contributed by atoms with Crippen LogP contribution in [0.15, 0.2) is 24.3 Å². The number of rotatable bonds is 9. The van der Waals surface area contributed by atoms with Crippen molar-refractivity contribution in [3.63, 3.8) is 0 Å². The van der Waals surface area contributed by atoms with Gasteiger partial charge in [0.2, 0.25) is 0 Å². The Morgan fingerprint density at radius 1 is 0.840 bits per heavy atom. The van der Waals surface area contributed by atoms with Crippen LogP contribution in [0.3, 0.4) is 0 Å². The minimum atomic E-state index is 0.648. The zero-order valence-corrected chi connectivity index (χ0v) is 21.8. The largest absolute Gasteiger partial charge is 0.0654 e. The van der Waals surface area contributed by atoms with Gasteiger partial charge in [-0.25, -0.2) is 0 Å². The fraction of sp³-hybridized carbons (Fsp3) is 0.684. The van der Waals surface area contributed by atoms with Crippen molar-refractivity contribution in [2.45, 2.75) is 74.3 Å². The van der Waals surface area contributed by atoms with Crippen LogP contribution in [0.25, 0.3) is 0 Å². The summed E-state index contributed by atoms with van der Waals surface area (Å²) in [4.78, 5) is 0. The van der Waals surface area contributed by atoms with Gasteiger partial charge in [0.1, 0.15) is 0 Å². The van der Waals surface area contributed by atoms with Crippen LogP contribution >= 0.6 is 0 Å². The van der Waals surface area contributed by atoms with Gasteiger partial charge < -0.3 is 0 Å². The van der Waals surface area contributed by atoms with E-state index in [0.29, 0.717) is 4.28 Å². The smallest absolute Gasteiger partial charge is 0.0271 e. The van der Waals surface area contributed by atoms with Crippen LogP contribution in [0, 0.1) is 5.92 Å². The molecular formula is C19H28Si6. The molecule has 0 nitrogen and oxygen atoms in total. The molecule has 1 aromatic rings. The van der Waals surface area contributed by atoms with Crippen molar-refractivity contribution in [2.24, 2.45) is 5.92 Å². The average Bonchev–Trinajstić information content (AvgIpc) is 2.64. The van der Waals surface area contributed by atoms with Gasteiger partial charge in [-0.05, 0) is 22.2 Å². The molecule has 0 aliphatic carbocycles. The van der Waals surface area contributed by atoms with Crippen molar-refractivity contribution in [3.8, 4) is 0 Å². The van der Waals surface area contributed by atoms with Gasteiger partial charge in [-0.15, -0.1) is 0 Å². The van der Waals surface area contributed by atoms with Gasteiger partial charge in [0, 0.05) is 54.2 Å². The van der Waals surface area contributed by atoms with Crippen LogP contribution < -0.4 is 0 Å². The summed E-state index contributed by atoms with van der Waals surface area (Å²) in [5.41, 5.74) is 3.27. The van der Waals surface area contributed by atoms with Crippen LogP contribution in [0.1, 0.15) is 70.4 Å². The van der Waals surface area contributed by atoms with E-state index in [1.807, 2.05) is 0 Å². The average molecular weight is 425 g/mol. The van der Waals surface area contributed by atoms with E-state index in [2.05, 4.69) is 45.0 Å². The van der Waals surface area contributed by atoms with Crippen molar-refractivity contribution in [2.75, 3.05) is 0 Å². The number of hydrogen-bond donors (Lipinski definition) is 0. The molecule has 12 radical (unpaired) electrons. The van der Waals surface area contributed by atoms with Gasteiger partial charge >= 0.3 is 0 Å². The maximum Gasteiger partial charge on any atom is 0.0271 e. The number of hydrogen-bond acceptors (Lipinski definition) is 0. The van der Waals surface area contributed by atoms with Gasteiger partial charge in [-0.1, -0.05) is 93.4 Å².